The molecule has 0 amide bonds. The van der Waals surface area contributed by atoms with Crippen molar-refractivity contribution in [2.24, 2.45) is 0 Å². The molecule has 2 aromatic carbocycles. The van der Waals surface area contributed by atoms with E-state index in [1.807, 2.05) is 54.8 Å². The molecule has 2 aliphatic heterocycles. The Morgan fingerprint density at radius 2 is 2.10 bits per heavy atom. The number of rotatable bonds is 4. The Labute approximate surface area is 179 Å². The highest BCUT2D eigenvalue weighted by atomic mass is 32.1. The third-order valence-electron chi connectivity index (χ3n) is 5.39. The zero-order valence-electron chi connectivity index (χ0n) is 16.8. The third-order valence-corrected chi connectivity index (χ3v) is 6.21. The lowest BCUT2D eigenvalue weighted by Crippen LogP contribution is -2.32. The first kappa shape index (κ1) is 18.9. The van der Waals surface area contributed by atoms with Crippen molar-refractivity contribution in [3.8, 4) is 17.2 Å². The number of carbonyl (C=O) groups excluding carboxylic acids is 1. The second kappa shape index (κ2) is 7.63. The van der Waals surface area contributed by atoms with Crippen LogP contribution in [0.5, 0.6) is 17.2 Å². The highest BCUT2D eigenvalue weighted by Gasteiger charge is 2.35. The van der Waals surface area contributed by atoms with Crippen molar-refractivity contribution in [3.05, 3.63) is 80.7 Å². The SMILES string of the molecule is COc1ccccc1CN1COc2cc(C)c3c(c2C1)O/C(=C\c1cccs1)C3=O. The lowest BCUT2D eigenvalue weighted by molar-refractivity contribution is 0.0864. The maximum Gasteiger partial charge on any atom is 0.232 e. The number of para-hydroxylation sites is 1. The summed E-state index contributed by atoms with van der Waals surface area (Å²) in [6.45, 7) is 3.71. The predicted molar refractivity (Wildman–Crippen MR) is 116 cm³/mol. The van der Waals surface area contributed by atoms with E-state index < -0.39 is 0 Å². The Kier molecular flexibility index (Phi) is 4.81. The number of carbonyl (C=O) groups is 1. The van der Waals surface area contributed by atoms with Crippen LogP contribution in [0.15, 0.2) is 53.6 Å². The van der Waals surface area contributed by atoms with Gasteiger partial charge < -0.3 is 14.2 Å². The highest BCUT2D eigenvalue weighted by molar-refractivity contribution is 7.10. The van der Waals surface area contributed by atoms with Crippen molar-refractivity contribution < 1.29 is 19.0 Å². The molecule has 0 bridgehead atoms. The number of ketones is 1. The van der Waals surface area contributed by atoms with Gasteiger partial charge in [-0.2, -0.15) is 0 Å². The van der Waals surface area contributed by atoms with Gasteiger partial charge in [0.2, 0.25) is 5.78 Å². The summed E-state index contributed by atoms with van der Waals surface area (Å²) in [5.41, 5.74) is 3.52. The van der Waals surface area contributed by atoms with Crippen LogP contribution in [-0.2, 0) is 13.1 Å². The van der Waals surface area contributed by atoms with Gasteiger partial charge in [0.15, 0.2) is 5.76 Å². The molecule has 0 N–H and O–H groups in total. The number of allylic oxidation sites excluding steroid dienone is 1. The molecule has 0 atom stereocenters. The average Bonchev–Trinajstić information content (AvgIpc) is 3.38. The van der Waals surface area contributed by atoms with Crippen LogP contribution in [0.2, 0.25) is 0 Å². The molecule has 0 radical (unpaired) electrons. The number of benzene rings is 2. The molecule has 3 aromatic rings. The second-order valence-electron chi connectivity index (χ2n) is 7.40. The fraction of sp³-hybridized carbons (Fsp3) is 0.208. The van der Waals surface area contributed by atoms with E-state index in [1.165, 1.54) is 0 Å². The van der Waals surface area contributed by atoms with Crippen molar-refractivity contribution in [1.82, 2.24) is 4.90 Å². The number of aryl methyl sites for hydroxylation is 1. The Balaban J connectivity index is 1.47. The van der Waals surface area contributed by atoms with Crippen LogP contribution in [0, 0.1) is 6.92 Å². The van der Waals surface area contributed by atoms with Crippen LogP contribution in [0.4, 0.5) is 0 Å². The van der Waals surface area contributed by atoms with Crippen LogP contribution in [0.3, 0.4) is 0 Å². The molecule has 152 valence electrons. The van der Waals surface area contributed by atoms with Gasteiger partial charge in [-0.1, -0.05) is 24.3 Å². The van der Waals surface area contributed by atoms with Crippen LogP contribution in [-0.4, -0.2) is 24.5 Å². The van der Waals surface area contributed by atoms with Gasteiger partial charge in [0.05, 0.1) is 18.2 Å². The summed E-state index contributed by atoms with van der Waals surface area (Å²) >= 11 is 1.58. The number of hydrogen-bond acceptors (Lipinski definition) is 6. The first-order chi connectivity index (χ1) is 14.6. The number of nitrogens with zero attached hydrogens (tertiary/aromatic N) is 1. The smallest absolute Gasteiger partial charge is 0.232 e. The third kappa shape index (κ3) is 3.28. The predicted octanol–water partition coefficient (Wildman–Crippen LogP) is 5.03. The summed E-state index contributed by atoms with van der Waals surface area (Å²) < 4.78 is 17.6. The molecule has 30 heavy (non-hydrogen) atoms. The molecule has 1 aromatic heterocycles. The molecule has 6 heteroatoms. The maximum atomic E-state index is 13.0. The molecule has 5 nitrogen and oxygen atoms in total. The Morgan fingerprint density at radius 3 is 2.90 bits per heavy atom. The summed E-state index contributed by atoms with van der Waals surface area (Å²) in [4.78, 5) is 16.2. The van der Waals surface area contributed by atoms with Gasteiger partial charge in [-0.25, -0.2) is 0 Å². The average molecular weight is 420 g/mol. The molecule has 0 saturated heterocycles. The summed E-state index contributed by atoms with van der Waals surface area (Å²) in [5.74, 6) is 2.56. The van der Waals surface area contributed by atoms with Gasteiger partial charge in [-0.3, -0.25) is 9.69 Å². The summed E-state index contributed by atoms with van der Waals surface area (Å²) in [5, 5.41) is 1.98. The van der Waals surface area contributed by atoms with Gasteiger partial charge in [-0.05, 0) is 36.1 Å². The Bertz CT molecular complexity index is 1150. The molecule has 0 saturated carbocycles. The molecule has 0 fully saturated rings. The Morgan fingerprint density at radius 1 is 1.23 bits per heavy atom. The van der Waals surface area contributed by atoms with Crippen molar-refractivity contribution in [2.75, 3.05) is 13.8 Å². The minimum absolute atomic E-state index is 0.0689. The molecule has 0 unspecified atom stereocenters. The second-order valence-corrected chi connectivity index (χ2v) is 8.38. The molecule has 3 heterocycles. The van der Waals surface area contributed by atoms with Crippen LogP contribution >= 0.6 is 11.3 Å². The molecule has 2 aliphatic rings. The van der Waals surface area contributed by atoms with Crippen molar-refractivity contribution in [1.29, 1.82) is 0 Å². The zero-order valence-corrected chi connectivity index (χ0v) is 17.6. The first-order valence-electron chi connectivity index (χ1n) is 9.75. The van der Waals surface area contributed by atoms with E-state index in [1.54, 1.807) is 18.4 Å². The van der Waals surface area contributed by atoms with E-state index >= 15 is 0 Å². The number of Topliss-reactive ketones (excluding diaryl/α,β-unsaturated/α-hetero) is 1. The van der Waals surface area contributed by atoms with Crippen molar-refractivity contribution in [3.63, 3.8) is 0 Å². The van der Waals surface area contributed by atoms with E-state index in [2.05, 4.69) is 11.0 Å². The normalized spacial score (nSPS) is 16.7. The standard InChI is InChI=1S/C24H21NO4S/c1-15-10-20-18(13-25(14-28-20)12-16-6-3-4-8-19(16)27-2)24-22(15)23(26)21(29-24)11-17-7-5-9-30-17/h3-11H,12-14H2,1-2H3/b21-11-. The molecular formula is C24H21NO4S. The van der Waals surface area contributed by atoms with Crippen LogP contribution in [0.1, 0.15) is 31.9 Å². The fourth-order valence-corrected chi connectivity index (χ4v) is 4.60. The number of methoxy groups -OCH3 is 1. The summed E-state index contributed by atoms with van der Waals surface area (Å²) in [6.07, 6.45) is 1.81. The monoisotopic (exact) mass is 419 g/mol. The largest absolute Gasteiger partial charge is 0.496 e. The Hall–Kier alpha value is -3.09. The molecular weight excluding hydrogens is 398 g/mol. The van der Waals surface area contributed by atoms with Gasteiger partial charge in [0, 0.05) is 29.6 Å². The van der Waals surface area contributed by atoms with E-state index in [9.17, 15) is 4.79 Å². The highest BCUT2D eigenvalue weighted by Crippen LogP contribution is 2.44. The maximum absolute atomic E-state index is 13.0. The van der Waals surface area contributed by atoms with Crippen LogP contribution < -0.4 is 14.2 Å². The molecule has 5 rings (SSSR count). The van der Waals surface area contributed by atoms with Gasteiger partial charge in [0.25, 0.3) is 0 Å². The van der Waals surface area contributed by atoms with Gasteiger partial charge >= 0.3 is 0 Å². The van der Waals surface area contributed by atoms with Crippen LogP contribution in [0.25, 0.3) is 6.08 Å². The summed E-state index contributed by atoms with van der Waals surface area (Å²) in [7, 11) is 1.68. The van der Waals surface area contributed by atoms with Gasteiger partial charge in [-0.15, -0.1) is 11.3 Å². The minimum Gasteiger partial charge on any atom is -0.496 e. The first-order valence-corrected chi connectivity index (χ1v) is 10.6. The number of hydrogen-bond donors (Lipinski definition) is 0. The number of thiophene rings is 1. The summed E-state index contributed by atoms with van der Waals surface area (Å²) in [6, 6.07) is 13.8. The quantitative estimate of drug-likeness (QED) is 0.555. The fourth-order valence-electron chi connectivity index (χ4n) is 3.95. The number of fused-ring (bicyclic) bond motifs is 3. The molecule has 0 aliphatic carbocycles. The molecule has 0 spiro atoms. The van der Waals surface area contributed by atoms with Crippen molar-refractivity contribution in [2.45, 2.75) is 20.0 Å². The van der Waals surface area contributed by atoms with Crippen molar-refractivity contribution >= 4 is 23.2 Å². The lowest BCUT2D eigenvalue weighted by Gasteiger charge is -2.30. The van der Waals surface area contributed by atoms with E-state index in [0.717, 1.165) is 33.1 Å². The topological polar surface area (TPSA) is 48.0 Å². The van der Waals surface area contributed by atoms with Gasteiger partial charge in [0.1, 0.15) is 24.0 Å². The minimum atomic E-state index is -0.0689. The van der Waals surface area contributed by atoms with E-state index in [-0.39, 0.29) is 5.78 Å². The zero-order chi connectivity index (χ0) is 20.7. The van der Waals surface area contributed by atoms with E-state index in [4.69, 9.17) is 14.2 Å². The number of ether oxygens (including phenoxy) is 3. The lowest BCUT2D eigenvalue weighted by atomic mass is 9.98. The van der Waals surface area contributed by atoms with E-state index in [0.29, 0.717) is 36.9 Å².